The molecule has 0 saturated heterocycles. The van der Waals surface area contributed by atoms with Crippen LogP contribution in [-0.2, 0) is 20.9 Å². The highest BCUT2D eigenvalue weighted by atomic mass is 32.2. The van der Waals surface area contributed by atoms with Crippen LogP contribution in [0.1, 0.15) is 12.5 Å². The average molecular weight is 239 g/mol. The molecule has 4 nitrogen and oxygen atoms in total. The van der Waals surface area contributed by atoms with Crippen LogP contribution in [-0.4, -0.2) is 23.3 Å². The minimum absolute atomic E-state index is 0.280. The SMILES string of the molecule is CCOC(=O)/C=N/[S@@+]([O-])c1ccc(C)cc1. The van der Waals surface area contributed by atoms with Gasteiger partial charge in [0.1, 0.15) is 11.4 Å². The van der Waals surface area contributed by atoms with E-state index in [0.717, 1.165) is 11.8 Å². The van der Waals surface area contributed by atoms with E-state index in [1.807, 2.05) is 19.1 Å². The summed E-state index contributed by atoms with van der Waals surface area (Å²) in [6.45, 7) is 3.92. The molecule has 0 N–H and O–H groups in total. The van der Waals surface area contributed by atoms with Crippen LogP contribution in [0.15, 0.2) is 33.6 Å². The van der Waals surface area contributed by atoms with Gasteiger partial charge < -0.3 is 9.29 Å². The molecule has 0 unspecified atom stereocenters. The first-order valence-electron chi connectivity index (χ1n) is 4.83. The summed E-state index contributed by atoms with van der Waals surface area (Å²) in [5.74, 6) is -0.581. The lowest BCUT2D eigenvalue weighted by molar-refractivity contribution is -0.134. The van der Waals surface area contributed by atoms with E-state index in [1.165, 1.54) is 0 Å². The third-order valence-electron chi connectivity index (χ3n) is 1.76. The van der Waals surface area contributed by atoms with Gasteiger partial charge in [-0.05, 0) is 26.0 Å². The summed E-state index contributed by atoms with van der Waals surface area (Å²) in [5.41, 5.74) is 1.08. The fraction of sp³-hybridized carbons (Fsp3) is 0.273. The molecule has 0 spiro atoms. The molecule has 5 heteroatoms. The second-order valence-corrected chi connectivity index (χ2v) is 4.23. The molecule has 0 heterocycles. The van der Waals surface area contributed by atoms with Crippen LogP contribution in [0.5, 0.6) is 0 Å². The highest BCUT2D eigenvalue weighted by Gasteiger charge is 2.09. The summed E-state index contributed by atoms with van der Waals surface area (Å²) < 4.78 is 19.8. The quantitative estimate of drug-likeness (QED) is 0.456. The predicted molar refractivity (Wildman–Crippen MR) is 62.7 cm³/mol. The van der Waals surface area contributed by atoms with E-state index < -0.39 is 17.3 Å². The second-order valence-electron chi connectivity index (χ2n) is 3.05. The average Bonchev–Trinajstić information content (AvgIpc) is 2.27. The number of ether oxygens (including phenoxy) is 1. The van der Waals surface area contributed by atoms with Gasteiger partial charge in [0.15, 0.2) is 11.1 Å². The van der Waals surface area contributed by atoms with E-state index in [-0.39, 0.29) is 6.61 Å². The Morgan fingerprint density at radius 1 is 1.50 bits per heavy atom. The van der Waals surface area contributed by atoms with Gasteiger partial charge in [0.25, 0.3) is 0 Å². The Morgan fingerprint density at radius 2 is 2.12 bits per heavy atom. The second kappa shape index (κ2) is 6.30. The van der Waals surface area contributed by atoms with Gasteiger partial charge in [0, 0.05) is 0 Å². The van der Waals surface area contributed by atoms with Crippen molar-refractivity contribution in [1.29, 1.82) is 0 Å². The smallest absolute Gasteiger partial charge is 0.354 e. The zero-order valence-corrected chi connectivity index (χ0v) is 9.99. The normalized spacial score (nSPS) is 12.7. The van der Waals surface area contributed by atoms with Crippen molar-refractivity contribution in [1.82, 2.24) is 0 Å². The Bertz CT molecular complexity index is 375. The third kappa shape index (κ3) is 4.04. The molecule has 0 aliphatic carbocycles. The highest BCUT2D eigenvalue weighted by molar-refractivity contribution is 7.90. The van der Waals surface area contributed by atoms with Gasteiger partial charge in [-0.2, -0.15) is 0 Å². The zero-order valence-electron chi connectivity index (χ0n) is 9.17. The number of carbonyl (C=O) groups is 1. The van der Waals surface area contributed by atoms with Crippen LogP contribution < -0.4 is 0 Å². The van der Waals surface area contributed by atoms with Crippen molar-refractivity contribution in [3.05, 3.63) is 29.8 Å². The summed E-state index contributed by atoms with van der Waals surface area (Å²) in [6, 6.07) is 7.11. The fourth-order valence-electron chi connectivity index (χ4n) is 0.986. The topological polar surface area (TPSA) is 61.7 Å². The lowest BCUT2D eigenvalue weighted by Gasteiger charge is -2.02. The molecule has 0 aromatic heterocycles. The minimum atomic E-state index is -1.55. The van der Waals surface area contributed by atoms with E-state index in [4.69, 9.17) is 0 Å². The molecular weight excluding hydrogens is 226 g/mol. The molecule has 1 rings (SSSR count). The lowest BCUT2D eigenvalue weighted by Crippen LogP contribution is -2.07. The molecule has 16 heavy (non-hydrogen) atoms. The van der Waals surface area contributed by atoms with Gasteiger partial charge in [0.05, 0.1) is 6.61 Å². The molecule has 1 atom stereocenters. The summed E-state index contributed by atoms with van der Waals surface area (Å²) in [5, 5.41) is 0. The van der Waals surface area contributed by atoms with E-state index >= 15 is 0 Å². The summed E-state index contributed by atoms with van der Waals surface area (Å²) in [4.78, 5) is 11.5. The van der Waals surface area contributed by atoms with E-state index in [9.17, 15) is 9.35 Å². The van der Waals surface area contributed by atoms with Gasteiger partial charge in [-0.3, -0.25) is 0 Å². The molecule has 0 saturated carbocycles. The molecule has 1 aromatic carbocycles. The van der Waals surface area contributed by atoms with Gasteiger partial charge in [-0.25, -0.2) is 4.79 Å². The number of hydrogen-bond donors (Lipinski definition) is 0. The summed E-state index contributed by atoms with van der Waals surface area (Å²) >= 11 is -1.55. The van der Waals surface area contributed by atoms with Crippen molar-refractivity contribution in [3.8, 4) is 0 Å². The monoisotopic (exact) mass is 239 g/mol. The van der Waals surface area contributed by atoms with E-state index in [1.54, 1.807) is 19.1 Å². The van der Waals surface area contributed by atoms with Crippen molar-refractivity contribution >= 4 is 23.5 Å². The maximum absolute atomic E-state index is 11.6. The Balaban J connectivity index is 2.61. The van der Waals surface area contributed by atoms with Crippen molar-refractivity contribution in [2.75, 3.05) is 6.61 Å². The number of benzene rings is 1. The van der Waals surface area contributed by atoms with Gasteiger partial charge in [-0.1, -0.05) is 22.1 Å². The molecule has 0 radical (unpaired) electrons. The Morgan fingerprint density at radius 3 is 2.69 bits per heavy atom. The van der Waals surface area contributed by atoms with Crippen molar-refractivity contribution in [2.45, 2.75) is 18.7 Å². The first-order chi connectivity index (χ1) is 7.63. The largest absolute Gasteiger partial charge is 0.586 e. The first kappa shape index (κ1) is 12.7. The minimum Gasteiger partial charge on any atom is -0.586 e. The van der Waals surface area contributed by atoms with Crippen molar-refractivity contribution < 1.29 is 14.1 Å². The molecule has 0 aliphatic heterocycles. The molecule has 0 fully saturated rings. The number of esters is 1. The van der Waals surface area contributed by atoms with Gasteiger partial charge in [0.2, 0.25) is 0 Å². The Labute approximate surface area is 97.7 Å². The summed E-state index contributed by atoms with van der Waals surface area (Å²) in [6.07, 6.45) is 0.944. The molecular formula is C11H13NO3S. The number of nitrogens with zero attached hydrogens (tertiary/aromatic N) is 1. The predicted octanol–water partition coefficient (Wildman–Crippen LogP) is 1.65. The summed E-state index contributed by atoms with van der Waals surface area (Å²) in [7, 11) is 0. The number of hydrogen-bond acceptors (Lipinski definition) is 4. The highest BCUT2D eigenvalue weighted by Crippen LogP contribution is 2.12. The van der Waals surface area contributed by atoms with Gasteiger partial charge in [-0.15, -0.1) is 0 Å². The zero-order chi connectivity index (χ0) is 12.0. The standard InChI is InChI=1S/C11H13NO3S/c1-3-15-11(13)8-12-16(14)10-6-4-9(2)5-7-10/h4-8H,3H2,1-2H3/b12-8+/t16-/m0/s1. The third-order valence-corrected chi connectivity index (χ3v) is 2.74. The van der Waals surface area contributed by atoms with Crippen LogP contribution in [0.3, 0.4) is 0 Å². The van der Waals surface area contributed by atoms with Crippen LogP contribution in [0, 0.1) is 6.92 Å². The lowest BCUT2D eigenvalue weighted by atomic mass is 10.2. The van der Waals surface area contributed by atoms with E-state index in [2.05, 4.69) is 9.13 Å². The number of carbonyl (C=O) groups excluding carboxylic acids is 1. The molecule has 0 amide bonds. The molecule has 0 aliphatic rings. The van der Waals surface area contributed by atoms with Gasteiger partial charge >= 0.3 is 5.97 Å². The molecule has 1 aromatic rings. The molecule has 86 valence electrons. The van der Waals surface area contributed by atoms with Crippen LogP contribution in [0.4, 0.5) is 0 Å². The maximum atomic E-state index is 11.6. The fourth-order valence-corrected chi connectivity index (χ4v) is 1.66. The Hall–Kier alpha value is -1.33. The molecule has 0 bridgehead atoms. The van der Waals surface area contributed by atoms with Crippen molar-refractivity contribution in [2.24, 2.45) is 4.40 Å². The van der Waals surface area contributed by atoms with Crippen molar-refractivity contribution in [3.63, 3.8) is 0 Å². The Kier molecular flexibility index (Phi) is 5.01. The first-order valence-corrected chi connectivity index (χ1v) is 5.93. The number of aryl methyl sites for hydroxylation is 1. The van der Waals surface area contributed by atoms with Crippen LogP contribution in [0.2, 0.25) is 0 Å². The van der Waals surface area contributed by atoms with E-state index in [0.29, 0.717) is 4.90 Å². The van der Waals surface area contributed by atoms with Crippen LogP contribution in [0.25, 0.3) is 0 Å². The maximum Gasteiger partial charge on any atom is 0.354 e. The number of rotatable bonds is 4. The van der Waals surface area contributed by atoms with Crippen LogP contribution >= 0.6 is 0 Å².